The highest BCUT2D eigenvalue weighted by Gasteiger charge is 2.15. The van der Waals surface area contributed by atoms with Crippen LogP contribution in [0, 0.1) is 0 Å². The predicted molar refractivity (Wildman–Crippen MR) is 51.5 cm³/mol. The van der Waals surface area contributed by atoms with Gasteiger partial charge in [-0.2, -0.15) is 0 Å². The molecular formula is C9H12ClNO2. The maximum atomic E-state index is 9.55. The summed E-state index contributed by atoms with van der Waals surface area (Å²) in [6.07, 6.45) is -0.845. The van der Waals surface area contributed by atoms with Crippen molar-refractivity contribution in [2.24, 2.45) is 5.73 Å². The van der Waals surface area contributed by atoms with Gasteiger partial charge in [-0.1, -0.05) is 23.7 Å². The van der Waals surface area contributed by atoms with Crippen LogP contribution in [0.5, 0.6) is 0 Å². The Bertz CT molecular complexity index is 263. The lowest BCUT2D eigenvalue weighted by Gasteiger charge is -2.16. The Morgan fingerprint density at radius 3 is 2.31 bits per heavy atom. The Morgan fingerprint density at radius 2 is 1.85 bits per heavy atom. The molecule has 0 aliphatic carbocycles. The number of hydrogen-bond donors (Lipinski definition) is 3. The molecule has 1 aromatic carbocycles. The van der Waals surface area contributed by atoms with Gasteiger partial charge in [-0.15, -0.1) is 0 Å². The molecule has 0 aliphatic heterocycles. The van der Waals surface area contributed by atoms with Gasteiger partial charge in [0, 0.05) is 5.02 Å². The number of halogens is 1. The SMILES string of the molecule is N[C@@H](CO)[C@H](O)c1ccc(Cl)cc1. The smallest absolute Gasteiger partial charge is 0.0963 e. The monoisotopic (exact) mass is 201 g/mol. The van der Waals surface area contributed by atoms with E-state index in [1.54, 1.807) is 24.3 Å². The first-order valence-electron chi connectivity index (χ1n) is 3.95. The molecule has 4 N–H and O–H groups in total. The van der Waals surface area contributed by atoms with Gasteiger partial charge in [-0.25, -0.2) is 0 Å². The van der Waals surface area contributed by atoms with Crippen molar-refractivity contribution in [1.29, 1.82) is 0 Å². The first-order chi connectivity index (χ1) is 6.15. The van der Waals surface area contributed by atoms with E-state index in [4.69, 9.17) is 22.4 Å². The van der Waals surface area contributed by atoms with Crippen LogP contribution in [0.3, 0.4) is 0 Å². The van der Waals surface area contributed by atoms with Crippen LogP contribution in [-0.4, -0.2) is 22.9 Å². The zero-order valence-electron chi connectivity index (χ0n) is 7.02. The van der Waals surface area contributed by atoms with Gasteiger partial charge in [0.1, 0.15) is 0 Å². The van der Waals surface area contributed by atoms with Crippen LogP contribution < -0.4 is 5.73 Å². The van der Waals surface area contributed by atoms with Crippen molar-refractivity contribution >= 4 is 11.6 Å². The molecule has 0 saturated carbocycles. The highest BCUT2D eigenvalue weighted by molar-refractivity contribution is 6.30. The zero-order chi connectivity index (χ0) is 9.84. The molecule has 0 aliphatic rings. The number of benzene rings is 1. The van der Waals surface area contributed by atoms with Crippen molar-refractivity contribution in [3.63, 3.8) is 0 Å². The standard InChI is InChI=1S/C9H12ClNO2/c10-7-3-1-6(2-4-7)9(13)8(11)5-12/h1-4,8-9,12-13H,5,11H2/t8-,9+/m0/s1. The molecule has 1 rings (SSSR count). The summed E-state index contributed by atoms with van der Waals surface area (Å²) in [5, 5.41) is 18.9. The van der Waals surface area contributed by atoms with Gasteiger partial charge in [0.2, 0.25) is 0 Å². The lowest BCUT2D eigenvalue weighted by molar-refractivity contribution is 0.109. The normalized spacial score (nSPS) is 15.4. The van der Waals surface area contributed by atoms with Crippen LogP contribution in [0.2, 0.25) is 5.02 Å². The fourth-order valence-electron chi connectivity index (χ4n) is 1.01. The zero-order valence-corrected chi connectivity index (χ0v) is 7.78. The summed E-state index contributed by atoms with van der Waals surface area (Å²) >= 11 is 5.67. The lowest BCUT2D eigenvalue weighted by Crippen LogP contribution is -2.31. The van der Waals surface area contributed by atoms with Gasteiger partial charge in [0.05, 0.1) is 18.8 Å². The third-order valence-electron chi connectivity index (χ3n) is 1.83. The number of aliphatic hydroxyl groups is 2. The summed E-state index contributed by atoms with van der Waals surface area (Å²) in [6.45, 7) is -0.246. The summed E-state index contributed by atoms with van der Waals surface area (Å²) in [6, 6.07) is 6.06. The molecule has 72 valence electrons. The number of nitrogens with two attached hydrogens (primary N) is 1. The van der Waals surface area contributed by atoms with Crippen LogP contribution in [0.4, 0.5) is 0 Å². The molecule has 4 heteroatoms. The maximum Gasteiger partial charge on any atom is 0.0963 e. The van der Waals surface area contributed by atoms with E-state index in [2.05, 4.69) is 0 Å². The van der Waals surface area contributed by atoms with Gasteiger partial charge < -0.3 is 15.9 Å². The third-order valence-corrected chi connectivity index (χ3v) is 2.08. The largest absolute Gasteiger partial charge is 0.395 e. The van der Waals surface area contributed by atoms with E-state index in [0.717, 1.165) is 0 Å². The lowest BCUT2D eigenvalue weighted by atomic mass is 10.0. The van der Waals surface area contributed by atoms with Crippen LogP contribution in [0.15, 0.2) is 24.3 Å². The topological polar surface area (TPSA) is 66.5 Å². The van der Waals surface area contributed by atoms with E-state index in [0.29, 0.717) is 10.6 Å². The Morgan fingerprint density at radius 1 is 1.31 bits per heavy atom. The summed E-state index contributed by atoms with van der Waals surface area (Å²) < 4.78 is 0. The average molecular weight is 202 g/mol. The van der Waals surface area contributed by atoms with E-state index < -0.39 is 12.1 Å². The van der Waals surface area contributed by atoms with Crippen molar-refractivity contribution in [2.45, 2.75) is 12.1 Å². The molecule has 1 aromatic rings. The van der Waals surface area contributed by atoms with Crippen molar-refractivity contribution in [1.82, 2.24) is 0 Å². The molecule has 0 aromatic heterocycles. The average Bonchev–Trinajstić information content (AvgIpc) is 2.17. The van der Waals surface area contributed by atoms with Crippen LogP contribution in [-0.2, 0) is 0 Å². The van der Waals surface area contributed by atoms with Crippen molar-refractivity contribution < 1.29 is 10.2 Å². The number of rotatable bonds is 3. The quantitative estimate of drug-likeness (QED) is 0.674. The van der Waals surface area contributed by atoms with Crippen molar-refractivity contribution in [2.75, 3.05) is 6.61 Å². The second-order valence-electron chi connectivity index (χ2n) is 2.84. The van der Waals surface area contributed by atoms with E-state index in [-0.39, 0.29) is 6.61 Å². The summed E-state index contributed by atoms with van der Waals surface area (Å²) in [7, 11) is 0. The summed E-state index contributed by atoms with van der Waals surface area (Å²) in [5.41, 5.74) is 6.11. The molecule has 0 saturated heterocycles. The second-order valence-corrected chi connectivity index (χ2v) is 3.28. The summed E-state index contributed by atoms with van der Waals surface area (Å²) in [4.78, 5) is 0. The van der Waals surface area contributed by atoms with Crippen molar-refractivity contribution in [3.8, 4) is 0 Å². The minimum absolute atomic E-state index is 0.246. The molecule has 3 nitrogen and oxygen atoms in total. The van der Waals surface area contributed by atoms with Crippen LogP contribution in [0.1, 0.15) is 11.7 Å². The van der Waals surface area contributed by atoms with Crippen LogP contribution >= 0.6 is 11.6 Å². The first-order valence-corrected chi connectivity index (χ1v) is 4.33. The van der Waals surface area contributed by atoms with Gasteiger partial charge >= 0.3 is 0 Å². The van der Waals surface area contributed by atoms with Gasteiger partial charge in [0.25, 0.3) is 0 Å². The Balaban J connectivity index is 2.77. The number of aliphatic hydroxyl groups excluding tert-OH is 2. The van der Waals surface area contributed by atoms with E-state index in [1.165, 1.54) is 0 Å². The Kier molecular flexibility index (Phi) is 3.69. The molecule has 0 heterocycles. The molecule has 0 bridgehead atoms. The maximum absolute atomic E-state index is 9.55. The Hall–Kier alpha value is -0.610. The van der Waals surface area contributed by atoms with E-state index >= 15 is 0 Å². The molecule has 13 heavy (non-hydrogen) atoms. The number of hydrogen-bond acceptors (Lipinski definition) is 3. The summed E-state index contributed by atoms with van der Waals surface area (Å²) in [5.74, 6) is 0. The molecule has 0 fully saturated rings. The minimum atomic E-state index is -0.845. The molecule has 0 spiro atoms. The molecular weight excluding hydrogens is 190 g/mol. The van der Waals surface area contributed by atoms with Gasteiger partial charge in [-0.3, -0.25) is 0 Å². The third kappa shape index (κ3) is 2.67. The molecule has 0 unspecified atom stereocenters. The van der Waals surface area contributed by atoms with Crippen LogP contribution in [0.25, 0.3) is 0 Å². The van der Waals surface area contributed by atoms with Gasteiger partial charge in [-0.05, 0) is 17.7 Å². The minimum Gasteiger partial charge on any atom is -0.395 e. The molecule has 2 atom stereocenters. The Labute approximate surface area is 81.8 Å². The predicted octanol–water partition coefficient (Wildman–Crippen LogP) is 0.693. The second kappa shape index (κ2) is 4.58. The molecule has 0 radical (unpaired) electrons. The highest BCUT2D eigenvalue weighted by Crippen LogP contribution is 2.17. The molecule has 0 amide bonds. The van der Waals surface area contributed by atoms with Crippen molar-refractivity contribution in [3.05, 3.63) is 34.9 Å². The first kappa shape index (κ1) is 10.5. The fourth-order valence-corrected chi connectivity index (χ4v) is 1.13. The van der Waals surface area contributed by atoms with E-state index in [1.807, 2.05) is 0 Å². The highest BCUT2D eigenvalue weighted by atomic mass is 35.5. The fraction of sp³-hybridized carbons (Fsp3) is 0.333. The van der Waals surface area contributed by atoms with Gasteiger partial charge in [0.15, 0.2) is 0 Å². The van der Waals surface area contributed by atoms with E-state index in [9.17, 15) is 5.11 Å².